The first-order chi connectivity index (χ1) is 15.7. The van der Waals surface area contributed by atoms with Gasteiger partial charge in [-0.05, 0) is 66.3 Å². The van der Waals surface area contributed by atoms with Crippen LogP contribution in [0.25, 0.3) is 0 Å². The molecule has 0 aromatic heterocycles. The minimum atomic E-state index is -3.93. The van der Waals surface area contributed by atoms with Crippen molar-refractivity contribution in [1.29, 1.82) is 0 Å². The lowest BCUT2D eigenvalue weighted by molar-refractivity contribution is 0.102. The van der Waals surface area contributed by atoms with Gasteiger partial charge in [-0.1, -0.05) is 55.8 Å². The normalized spacial score (nSPS) is 11.4. The van der Waals surface area contributed by atoms with E-state index in [1.165, 1.54) is 0 Å². The van der Waals surface area contributed by atoms with Crippen molar-refractivity contribution in [3.05, 3.63) is 93.8 Å². The van der Waals surface area contributed by atoms with Crippen molar-refractivity contribution in [2.75, 3.05) is 11.9 Å². The van der Waals surface area contributed by atoms with E-state index in [0.717, 1.165) is 34.9 Å². The number of benzene rings is 3. The molecule has 0 aliphatic heterocycles. The second kappa shape index (κ2) is 10.9. The molecule has 3 aromatic carbocycles. The summed E-state index contributed by atoms with van der Waals surface area (Å²) in [5.41, 5.74) is 3.08. The predicted octanol–water partition coefficient (Wildman–Crippen LogP) is 5.38. The number of carbonyl (C=O) groups excluding carboxylic acids is 1. The average molecular weight is 489 g/mol. The van der Waals surface area contributed by atoms with Crippen LogP contribution in [0.3, 0.4) is 0 Å². The summed E-state index contributed by atoms with van der Waals surface area (Å²) in [6.07, 6.45) is 1.84. The maximum atomic E-state index is 14.5. The van der Waals surface area contributed by atoms with Gasteiger partial charge in [0.05, 0.1) is 10.5 Å². The molecule has 0 saturated carbocycles. The molecule has 0 saturated heterocycles. The van der Waals surface area contributed by atoms with Gasteiger partial charge in [0.1, 0.15) is 5.82 Å². The maximum Gasteiger partial charge on any atom is 0.258 e. The van der Waals surface area contributed by atoms with Crippen LogP contribution in [0.5, 0.6) is 0 Å². The van der Waals surface area contributed by atoms with E-state index in [1.807, 2.05) is 44.2 Å². The SMILES string of the molecule is CCc1cccc(CC)c1NC(=O)c1cc(S(=O)(=O)NCCc2ccc(Cl)cc2)ccc1F. The first-order valence-corrected chi connectivity index (χ1v) is 12.6. The Morgan fingerprint density at radius 1 is 0.970 bits per heavy atom. The predicted molar refractivity (Wildman–Crippen MR) is 130 cm³/mol. The Labute approximate surface area is 199 Å². The summed E-state index contributed by atoms with van der Waals surface area (Å²) in [5, 5.41) is 3.38. The van der Waals surface area contributed by atoms with Crippen molar-refractivity contribution in [2.45, 2.75) is 38.0 Å². The van der Waals surface area contributed by atoms with Gasteiger partial charge in [-0.3, -0.25) is 4.79 Å². The van der Waals surface area contributed by atoms with Gasteiger partial charge in [0.25, 0.3) is 5.91 Å². The van der Waals surface area contributed by atoms with Crippen molar-refractivity contribution >= 4 is 33.2 Å². The number of amides is 1. The number of hydrogen-bond donors (Lipinski definition) is 2. The number of anilines is 1. The molecule has 3 aromatic rings. The standard InChI is InChI=1S/C25H26ClFN2O3S/c1-3-18-6-5-7-19(4-2)24(18)29-25(30)22-16-21(12-13-23(22)27)33(31,32)28-15-14-17-8-10-20(26)11-9-17/h5-13,16,28H,3-4,14-15H2,1-2H3,(H,29,30). The molecule has 0 radical (unpaired) electrons. The number of aryl methyl sites for hydroxylation is 2. The Balaban J connectivity index is 1.78. The molecule has 33 heavy (non-hydrogen) atoms. The lowest BCUT2D eigenvalue weighted by atomic mass is 10.0. The van der Waals surface area contributed by atoms with E-state index in [0.29, 0.717) is 30.0 Å². The van der Waals surface area contributed by atoms with Gasteiger partial charge in [0.2, 0.25) is 10.0 Å². The molecule has 0 spiro atoms. The zero-order valence-corrected chi connectivity index (χ0v) is 20.1. The lowest BCUT2D eigenvalue weighted by Crippen LogP contribution is -2.26. The van der Waals surface area contributed by atoms with Gasteiger partial charge in [-0.2, -0.15) is 0 Å². The van der Waals surface area contributed by atoms with Gasteiger partial charge >= 0.3 is 0 Å². The highest BCUT2D eigenvalue weighted by Crippen LogP contribution is 2.24. The van der Waals surface area contributed by atoms with Crippen molar-refractivity contribution in [3.8, 4) is 0 Å². The van der Waals surface area contributed by atoms with Gasteiger partial charge in [-0.25, -0.2) is 17.5 Å². The molecule has 2 N–H and O–H groups in total. The Kier molecular flexibility index (Phi) is 8.24. The van der Waals surface area contributed by atoms with Crippen LogP contribution in [0.1, 0.15) is 40.9 Å². The van der Waals surface area contributed by atoms with Gasteiger partial charge in [0.15, 0.2) is 0 Å². The third kappa shape index (κ3) is 6.19. The number of halogens is 2. The highest BCUT2D eigenvalue weighted by Gasteiger charge is 2.20. The largest absolute Gasteiger partial charge is 0.321 e. The zero-order valence-electron chi connectivity index (χ0n) is 18.5. The van der Waals surface area contributed by atoms with E-state index in [4.69, 9.17) is 11.6 Å². The fraction of sp³-hybridized carbons (Fsp3) is 0.240. The average Bonchev–Trinajstić information content (AvgIpc) is 2.80. The smallest absolute Gasteiger partial charge is 0.258 e. The Hall–Kier alpha value is -2.74. The summed E-state index contributed by atoms with van der Waals surface area (Å²) in [6.45, 7) is 4.08. The summed E-state index contributed by atoms with van der Waals surface area (Å²) in [4.78, 5) is 12.7. The Bertz CT molecular complexity index is 1220. The molecule has 0 aliphatic carbocycles. The molecule has 1 amide bonds. The molecule has 0 bridgehead atoms. The van der Waals surface area contributed by atoms with Crippen LogP contribution in [0.4, 0.5) is 10.1 Å². The fourth-order valence-corrected chi connectivity index (χ4v) is 4.68. The highest BCUT2D eigenvalue weighted by atomic mass is 35.5. The Morgan fingerprint density at radius 3 is 2.21 bits per heavy atom. The molecule has 0 heterocycles. The molecule has 3 rings (SSSR count). The molecule has 5 nitrogen and oxygen atoms in total. The minimum Gasteiger partial charge on any atom is -0.321 e. The maximum absolute atomic E-state index is 14.5. The van der Waals surface area contributed by atoms with Crippen molar-refractivity contribution in [1.82, 2.24) is 4.72 Å². The first kappa shape index (κ1) is 24.9. The fourth-order valence-electron chi connectivity index (χ4n) is 3.49. The van der Waals surface area contributed by atoms with Crippen LogP contribution in [0, 0.1) is 5.82 Å². The van der Waals surface area contributed by atoms with Crippen LogP contribution < -0.4 is 10.0 Å². The molecular weight excluding hydrogens is 463 g/mol. The van der Waals surface area contributed by atoms with Gasteiger partial charge < -0.3 is 5.32 Å². The lowest BCUT2D eigenvalue weighted by Gasteiger charge is -2.15. The van der Waals surface area contributed by atoms with Crippen LogP contribution in [-0.4, -0.2) is 20.9 Å². The first-order valence-electron chi connectivity index (χ1n) is 10.7. The van der Waals surface area contributed by atoms with E-state index in [9.17, 15) is 17.6 Å². The van der Waals surface area contributed by atoms with Crippen LogP contribution in [0.15, 0.2) is 65.6 Å². The van der Waals surface area contributed by atoms with Crippen molar-refractivity contribution < 1.29 is 17.6 Å². The molecule has 8 heteroatoms. The number of hydrogen-bond acceptors (Lipinski definition) is 3. The van der Waals surface area contributed by atoms with Gasteiger partial charge in [-0.15, -0.1) is 0 Å². The van der Waals surface area contributed by atoms with Crippen LogP contribution in [-0.2, 0) is 29.3 Å². The van der Waals surface area contributed by atoms with E-state index in [1.54, 1.807) is 12.1 Å². The monoisotopic (exact) mass is 488 g/mol. The second-order valence-electron chi connectivity index (χ2n) is 7.53. The molecule has 0 unspecified atom stereocenters. The number of carbonyl (C=O) groups is 1. The van der Waals surface area contributed by atoms with E-state index < -0.39 is 21.7 Å². The van der Waals surface area contributed by atoms with Crippen LogP contribution in [0.2, 0.25) is 5.02 Å². The number of rotatable bonds is 9. The molecule has 174 valence electrons. The van der Waals surface area contributed by atoms with E-state index in [2.05, 4.69) is 10.0 Å². The third-order valence-electron chi connectivity index (χ3n) is 5.35. The molecule has 0 fully saturated rings. The van der Waals surface area contributed by atoms with Crippen molar-refractivity contribution in [2.24, 2.45) is 0 Å². The third-order valence-corrected chi connectivity index (χ3v) is 7.06. The highest BCUT2D eigenvalue weighted by molar-refractivity contribution is 7.89. The summed E-state index contributed by atoms with van der Waals surface area (Å²) in [6, 6.07) is 16.0. The van der Waals surface area contributed by atoms with E-state index >= 15 is 0 Å². The molecule has 0 atom stereocenters. The quantitative estimate of drug-likeness (QED) is 0.424. The molecule has 0 aliphatic rings. The Morgan fingerprint density at radius 2 is 1.61 bits per heavy atom. The summed E-state index contributed by atoms with van der Waals surface area (Å²) < 4.78 is 42.5. The number of para-hydroxylation sites is 1. The number of nitrogens with one attached hydrogen (secondary N) is 2. The topological polar surface area (TPSA) is 75.3 Å². The summed E-state index contributed by atoms with van der Waals surface area (Å²) in [5.74, 6) is -1.49. The minimum absolute atomic E-state index is 0.145. The van der Waals surface area contributed by atoms with Gasteiger partial charge in [0, 0.05) is 17.3 Å². The number of sulfonamides is 1. The second-order valence-corrected chi connectivity index (χ2v) is 9.73. The summed E-state index contributed by atoms with van der Waals surface area (Å²) in [7, 11) is -3.93. The zero-order chi connectivity index (χ0) is 24.0. The van der Waals surface area contributed by atoms with Crippen LogP contribution >= 0.6 is 11.6 Å². The summed E-state index contributed by atoms with van der Waals surface area (Å²) >= 11 is 5.86. The van der Waals surface area contributed by atoms with E-state index in [-0.39, 0.29) is 17.0 Å². The van der Waals surface area contributed by atoms with Crippen molar-refractivity contribution in [3.63, 3.8) is 0 Å². The molecular formula is C25H26ClFN2O3S.